The molecule has 0 fully saturated rings. The van der Waals surface area contributed by atoms with Crippen molar-refractivity contribution in [2.24, 2.45) is 0 Å². The van der Waals surface area contributed by atoms with Crippen LogP contribution in [0.25, 0.3) is 6.08 Å². The van der Waals surface area contributed by atoms with E-state index in [0.717, 1.165) is 0 Å². The number of amides is 2. The highest BCUT2D eigenvalue weighted by Crippen LogP contribution is 2.33. The largest absolute Gasteiger partial charge is 0.493 e. The minimum Gasteiger partial charge on any atom is -0.493 e. The van der Waals surface area contributed by atoms with E-state index in [1.54, 1.807) is 37.4 Å². The Labute approximate surface area is 161 Å². The molecule has 0 aromatic heterocycles. The molecule has 2 aromatic rings. The molecule has 2 rings (SSSR count). The van der Waals surface area contributed by atoms with Crippen LogP contribution in [-0.2, 0) is 9.59 Å². The smallest absolute Gasteiger partial charge is 0.387 e. The Morgan fingerprint density at radius 1 is 1.14 bits per heavy atom. The molecule has 0 saturated heterocycles. The Kier molecular flexibility index (Phi) is 7.08. The van der Waals surface area contributed by atoms with Crippen LogP contribution in [0.2, 0.25) is 0 Å². The summed E-state index contributed by atoms with van der Waals surface area (Å²) >= 11 is 0. The van der Waals surface area contributed by atoms with Crippen molar-refractivity contribution >= 4 is 29.3 Å². The Bertz CT molecular complexity index is 867. The highest BCUT2D eigenvalue weighted by molar-refractivity contribution is 6.02. The quantitative estimate of drug-likeness (QED) is 0.728. The average molecular weight is 390 g/mol. The third kappa shape index (κ3) is 5.54. The highest BCUT2D eigenvalue weighted by Gasteiger charge is 2.14. The van der Waals surface area contributed by atoms with Crippen molar-refractivity contribution < 1.29 is 27.8 Å². The molecule has 8 heteroatoms. The van der Waals surface area contributed by atoms with Gasteiger partial charge >= 0.3 is 6.61 Å². The molecule has 0 heterocycles. The molecule has 2 aromatic carbocycles. The molecule has 1 N–H and O–H groups in total. The summed E-state index contributed by atoms with van der Waals surface area (Å²) in [5, 5.41) is 2.65. The number of methoxy groups -OCH3 is 1. The summed E-state index contributed by atoms with van der Waals surface area (Å²) in [6.45, 7) is -1.57. The Hall–Kier alpha value is -3.42. The third-order valence-electron chi connectivity index (χ3n) is 3.84. The number of para-hydroxylation sites is 1. The fraction of sp³-hybridized carbons (Fsp3) is 0.200. The van der Waals surface area contributed by atoms with Gasteiger partial charge < -0.3 is 19.7 Å². The van der Waals surface area contributed by atoms with E-state index in [1.165, 1.54) is 43.2 Å². The average Bonchev–Trinajstić information content (AvgIpc) is 2.66. The van der Waals surface area contributed by atoms with E-state index in [1.807, 2.05) is 0 Å². The number of hydrogen-bond donors (Lipinski definition) is 1. The number of nitrogens with zero attached hydrogens (tertiary/aromatic N) is 1. The Morgan fingerprint density at radius 2 is 1.82 bits per heavy atom. The predicted octanol–water partition coefficient (Wildman–Crippen LogP) is 3.93. The number of ether oxygens (including phenoxy) is 2. The monoisotopic (exact) mass is 390 g/mol. The zero-order valence-corrected chi connectivity index (χ0v) is 15.6. The van der Waals surface area contributed by atoms with E-state index < -0.39 is 12.5 Å². The van der Waals surface area contributed by atoms with Gasteiger partial charge in [0.15, 0.2) is 11.5 Å². The van der Waals surface area contributed by atoms with Gasteiger partial charge in [-0.3, -0.25) is 9.59 Å². The van der Waals surface area contributed by atoms with Crippen molar-refractivity contribution in [1.82, 2.24) is 0 Å². The van der Waals surface area contributed by atoms with Gasteiger partial charge in [-0.2, -0.15) is 8.78 Å². The summed E-state index contributed by atoms with van der Waals surface area (Å²) in [6, 6.07) is 11.3. The lowest BCUT2D eigenvalue weighted by atomic mass is 10.1. The lowest BCUT2D eigenvalue weighted by Crippen LogP contribution is -2.22. The maximum atomic E-state index is 12.6. The lowest BCUT2D eigenvalue weighted by Gasteiger charge is -2.15. The van der Waals surface area contributed by atoms with E-state index in [-0.39, 0.29) is 23.0 Å². The summed E-state index contributed by atoms with van der Waals surface area (Å²) in [5.74, 6) is -0.591. The second-order valence-electron chi connectivity index (χ2n) is 5.70. The molecular weight excluding hydrogens is 370 g/mol. The number of anilines is 2. The van der Waals surface area contributed by atoms with Crippen LogP contribution in [0.4, 0.5) is 20.2 Å². The molecule has 148 valence electrons. The van der Waals surface area contributed by atoms with Crippen LogP contribution in [0, 0.1) is 0 Å². The number of carbonyl (C=O) groups is 2. The molecule has 0 saturated carbocycles. The minimum absolute atomic E-state index is 0.111. The van der Waals surface area contributed by atoms with Crippen molar-refractivity contribution in [3.8, 4) is 11.5 Å². The van der Waals surface area contributed by atoms with E-state index in [2.05, 4.69) is 10.1 Å². The first-order valence-electron chi connectivity index (χ1n) is 8.27. The number of nitrogens with one attached hydrogen (secondary N) is 1. The molecular formula is C20H20F2N2O4. The van der Waals surface area contributed by atoms with Crippen molar-refractivity contribution in [2.75, 3.05) is 24.4 Å². The second kappa shape index (κ2) is 9.50. The van der Waals surface area contributed by atoms with Crippen LogP contribution in [0.15, 0.2) is 48.5 Å². The first-order chi connectivity index (χ1) is 13.3. The van der Waals surface area contributed by atoms with Crippen LogP contribution >= 0.6 is 0 Å². The zero-order chi connectivity index (χ0) is 20.7. The summed E-state index contributed by atoms with van der Waals surface area (Å²) < 4.78 is 34.8. The second-order valence-corrected chi connectivity index (χ2v) is 5.70. The summed E-state index contributed by atoms with van der Waals surface area (Å²) in [6.07, 6.45) is 2.55. The maximum absolute atomic E-state index is 12.6. The van der Waals surface area contributed by atoms with Crippen molar-refractivity contribution in [3.63, 3.8) is 0 Å². The van der Waals surface area contributed by atoms with Gasteiger partial charge in [-0.15, -0.1) is 0 Å². The third-order valence-corrected chi connectivity index (χ3v) is 3.84. The number of carbonyl (C=O) groups excluding carboxylic acids is 2. The number of rotatable bonds is 7. The summed E-state index contributed by atoms with van der Waals surface area (Å²) in [7, 11) is 2.98. The normalized spacial score (nSPS) is 10.8. The highest BCUT2D eigenvalue weighted by atomic mass is 19.3. The number of hydrogen-bond acceptors (Lipinski definition) is 4. The van der Waals surface area contributed by atoms with Crippen LogP contribution in [0.5, 0.6) is 11.5 Å². The van der Waals surface area contributed by atoms with E-state index in [9.17, 15) is 18.4 Å². The molecule has 0 aliphatic carbocycles. The molecule has 0 bridgehead atoms. The van der Waals surface area contributed by atoms with Crippen LogP contribution < -0.4 is 19.7 Å². The molecule has 0 unspecified atom stereocenters. The van der Waals surface area contributed by atoms with E-state index in [0.29, 0.717) is 11.4 Å². The molecule has 6 nitrogen and oxygen atoms in total. The maximum Gasteiger partial charge on any atom is 0.387 e. The first kappa shape index (κ1) is 20.9. The van der Waals surface area contributed by atoms with Crippen molar-refractivity contribution in [2.45, 2.75) is 13.5 Å². The number of alkyl halides is 2. The molecule has 0 aliphatic rings. The SMILES string of the molecule is COc1cccc(/C=C/C(=O)Nc2ccc(N(C)C(C)=O)cc2)c1OC(F)F. The zero-order valence-electron chi connectivity index (χ0n) is 15.6. The Morgan fingerprint density at radius 3 is 2.39 bits per heavy atom. The van der Waals surface area contributed by atoms with Crippen molar-refractivity contribution in [1.29, 1.82) is 0 Å². The van der Waals surface area contributed by atoms with Gasteiger partial charge in [0.25, 0.3) is 0 Å². The number of halogens is 2. The summed E-state index contributed by atoms with van der Waals surface area (Å²) in [4.78, 5) is 24.9. The van der Waals surface area contributed by atoms with Crippen molar-refractivity contribution in [3.05, 3.63) is 54.1 Å². The lowest BCUT2D eigenvalue weighted by molar-refractivity contribution is -0.116. The Balaban J connectivity index is 2.11. The fourth-order valence-electron chi connectivity index (χ4n) is 2.34. The molecule has 0 aliphatic heterocycles. The van der Waals surface area contributed by atoms with Gasteiger partial charge in [0.05, 0.1) is 7.11 Å². The molecule has 28 heavy (non-hydrogen) atoms. The molecule has 0 spiro atoms. The molecule has 0 atom stereocenters. The fourth-order valence-corrected chi connectivity index (χ4v) is 2.34. The van der Waals surface area contributed by atoms with Crippen LogP contribution in [0.3, 0.4) is 0 Å². The molecule has 2 amide bonds. The van der Waals surface area contributed by atoms with Gasteiger partial charge in [-0.25, -0.2) is 0 Å². The van der Waals surface area contributed by atoms with Crippen LogP contribution in [0.1, 0.15) is 12.5 Å². The molecule has 0 radical (unpaired) electrons. The van der Waals surface area contributed by atoms with Crippen LogP contribution in [-0.4, -0.2) is 32.6 Å². The predicted molar refractivity (Wildman–Crippen MR) is 103 cm³/mol. The van der Waals surface area contributed by atoms with Gasteiger partial charge in [-0.05, 0) is 36.4 Å². The van der Waals surface area contributed by atoms with Gasteiger partial charge in [-0.1, -0.05) is 12.1 Å². The van der Waals surface area contributed by atoms with E-state index in [4.69, 9.17) is 4.74 Å². The van der Waals surface area contributed by atoms with Gasteiger partial charge in [0.2, 0.25) is 11.8 Å². The summed E-state index contributed by atoms with van der Waals surface area (Å²) in [5.41, 5.74) is 1.48. The standard InChI is InChI=1S/C20H20F2N2O4/c1-13(25)24(2)16-10-8-15(9-11-16)23-18(26)12-7-14-5-4-6-17(27-3)19(14)28-20(21)22/h4-12,20H,1-3H3,(H,23,26)/b12-7+. The number of benzene rings is 2. The first-order valence-corrected chi connectivity index (χ1v) is 8.27. The van der Waals surface area contributed by atoms with Gasteiger partial charge in [0.1, 0.15) is 0 Å². The minimum atomic E-state index is -3.02. The van der Waals surface area contributed by atoms with Gasteiger partial charge in [0, 0.05) is 37.0 Å². The van der Waals surface area contributed by atoms with E-state index >= 15 is 0 Å². The topological polar surface area (TPSA) is 67.9 Å².